The van der Waals surface area contributed by atoms with Crippen LogP contribution in [0.15, 0.2) is 24.3 Å². The first kappa shape index (κ1) is 23.0. The van der Waals surface area contributed by atoms with E-state index in [0.717, 1.165) is 17.0 Å². The van der Waals surface area contributed by atoms with E-state index in [4.69, 9.17) is 9.47 Å². The van der Waals surface area contributed by atoms with Gasteiger partial charge < -0.3 is 24.8 Å². The maximum absolute atomic E-state index is 12.1. The van der Waals surface area contributed by atoms with E-state index in [1.807, 2.05) is 65.0 Å². The number of rotatable bonds is 10. The van der Waals surface area contributed by atoms with Crippen LogP contribution in [0.4, 0.5) is 0 Å². The van der Waals surface area contributed by atoms with Gasteiger partial charge in [0.2, 0.25) is 0 Å². The summed E-state index contributed by atoms with van der Waals surface area (Å²) in [6, 6.07) is 5.66. The normalized spacial score (nSPS) is 14.0. The van der Waals surface area contributed by atoms with Crippen molar-refractivity contribution in [3.8, 4) is 11.5 Å². The fourth-order valence-corrected chi connectivity index (χ4v) is 2.71. The van der Waals surface area contributed by atoms with Crippen LogP contribution in [-0.2, 0) is 4.79 Å². The van der Waals surface area contributed by atoms with Crippen LogP contribution in [0.5, 0.6) is 11.5 Å². The molecule has 152 valence electrons. The lowest BCUT2D eigenvalue weighted by Crippen LogP contribution is -3.14. The number of hydrogen-bond donors (Lipinski definition) is 3. The molecule has 0 aliphatic carbocycles. The molecule has 0 aliphatic heterocycles. The van der Waals surface area contributed by atoms with Gasteiger partial charge in [-0.15, -0.1) is 0 Å². The van der Waals surface area contributed by atoms with Crippen LogP contribution in [0, 0.1) is 0 Å². The number of allylic oxidation sites excluding steroid dienone is 1. The third-order valence-electron chi connectivity index (χ3n) is 3.93. The molecule has 0 aliphatic rings. The zero-order chi connectivity index (χ0) is 20.4. The van der Waals surface area contributed by atoms with Crippen molar-refractivity contribution < 1.29 is 24.3 Å². The minimum absolute atomic E-state index is 0.0197. The van der Waals surface area contributed by atoms with Gasteiger partial charge >= 0.3 is 0 Å². The summed E-state index contributed by atoms with van der Waals surface area (Å²) in [5.41, 5.74) is 0.765. The molecule has 0 fully saturated rings. The van der Waals surface area contributed by atoms with Gasteiger partial charge in [-0.3, -0.25) is 4.79 Å². The molecule has 1 aromatic rings. The summed E-state index contributed by atoms with van der Waals surface area (Å²) in [5.74, 6) is 1.20. The van der Waals surface area contributed by atoms with Crippen LogP contribution >= 0.6 is 0 Å². The fourth-order valence-electron chi connectivity index (χ4n) is 2.71. The molecule has 6 heteroatoms. The number of nitrogens with one attached hydrogen (secondary N) is 2. The Morgan fingerprint density at radius 1 is 1.33 bits per heavy atom. The van der Waals surface area contributed by atoms with Crippen LogP contribution in [0.3, 0.4) is 0 Å². The summed E-state index contributed by atoms with van der Waals surface area (Å²) in [6.45, 7) is 11.5. The minimum Gasteiger partial charge on any atom is -0.493 e. The SMILES string of the molecule is C/C=C/c1ccc(OC[C@@H](O)C[NH+](CC)CC(=O)NC(C)(C)C)c(OC)c1. The minimum atomic E-state index is -0.678. The Labute approximate surface area is 163 Å². The summed E-state index contributed by atoms with van der Waals surface area (Å²) < 4.78 is 11.1. The molecule has 0 aromatic heterocycles. The van der Waals surface area contributed by atoms with Gasteiger partial charge in [0.05, 0.1) is 13.7 Å². The molecule has 0 saturated carbocycles. The molecule has 6 nitrogen and oxygen atoms in total. The predicted octanol–water partition coefficient (Wildman–Crippen LogP) is 1.29. The van der Waals surface area contributed by atoms with E-state index in [9.17, 15) is 9.90 Å². The number of aliphatic hydroxyl groups is 1. The molecule has 0 spiro atoms. The van der Waals surface area contributed by atoms with Crippen LogP contribution in [-0.4, -0.2) is 56.0 Å². The molecule has 1 amide bonds. The Morgan fingerprint density at radius 2 is 2.04 bits per heavy atom. The third kappa shape index (κ3) is 8.93. The Balaban J connectivity index is 2.58. The highest BCUT2D eigenvalue weighted by Crippen LogP contribution is 2.28. The molecule has 3 N–H and O–H groups in total. The average molecular weight is 380 g/mol. The van der Waals surface area contributed by atoms with E-state index in [1.165, 1.54) is 0 Å². The fraction of sp³-hybridized carbons (Fsp3) is 0.571. The summed E-state index contributed by atoms with van der Waals surface area (Å²) in [5, 5.41) is 13.3. The van der Waals surface area contributed by atoms with Crippen LogP contribution in [0.1, 0.15) is 40.2 Å². The van der Waals surface area contributed by atoms with Gasteiger partial charge in [0.1, 0.15) is 19.3 Å². The van der Waals surface area contributed by atoms with Crippen molar-refractivity contribution in [2.75, 3.05) is 33.4 Å². The summed E-state index contributed by atoms with van der Waals surface area (Å²) in [4.78, 5) is 13.1. The maximum atomic E-state index is 12.1. The first-order valence-corrected chi connectivity index (χ1v) is 9.44. The zero-order valence-corrected chi connectivity index (χ0v) is 17.5. The van der Waals surface area contributed by atoms with Gasteiger partial charge in [-0.1, -0.05) is 18.2 Å². The first-order valence-electron chi connectivity index (χ1n) is 9.44. The standard InChI is InChI=1S/C21H34N2O4/c1-7-9-16-10-11-18(19(12-16)26-6)27-15-17(24)13-23(8-2)14-20(25)22-21(3,4)5/h7,9-12,17,24H,8,13-15H2,1-6H3,(H,22,25)/p+1/b9-7+/t17-/m0/s1. The Hall–Kier alpha value is -2.05. The van der Waals surface area contributed by atoms with Crippen LogP contribution in [0.2, 0.25) is 0 Å². The smallest absolute Gasteiger partial charge is 0.275 e. The van der Waals surface area contributed by atoms with Crippen molar-refractivity contribution >= 4 is 12.0 Å². The number of quaternary nitrogens is 1. The number of benzene rings is 1. The number of amides is 1. The van der Waals surface area contributed by atoms with Gasteiger partial charge in [0, 0.05) is 5.54 Å². The van der Waals surface area contributed by atoms with Crippen molar-refractivity contribution in [1.82, 2.24) is 5.32 Å². The number of likely N-dealkylation sites (N-methyl/N-ethyl adjacent to an activating group) is 1. The van der Waals surface area contributed by atoms with Crippen molar-refractivity contribution in [1.29, 1.82) is 0 Å². The Bertz CT molecular complexity index is 623. The molecule has 0 saturated heterocycles. The number of carbonyl (C=O) groups excluding carboxylic acids is 1. The van der Waals surface area contributed by atoms with Crippen molar-refractivity contribution in [2.45, 2.75) is 46.3 Å². The zero-order valence-electron chi connectivity index (χ0n) is 17.5. The summed E-state index contributed by atoms with van der Waals surface area (Å²) >= 11 is 0. The lowest BCUT2D eigenvalue weighted by atomic mass is 10.1. The average Bonchev–Trinajstić information content (AvgIpc) is 2.58. The molecule has 0 bridgehead atoms. The van der Waals surface area contributed by atoms with Crippen LogP contribution in [0.25, 0.3) is 6.08 Å². The molecular weight excluding hydrogens is 344 g/mol. The number of ether oxygens (including phenoxy) is 2. The van der Waals surface area contributed by atoms with Gasteiger partial charge in [-0.05, 0) is 52.3 Å². The van der Waals surface area contributed by atoms with Crippen molar-refractivity contribution in [3.05, 3.63) is 29.8 Å². The molecular formula is C21H35N2O4+. The molecule has 0 heterocycles. The Morgan fingerprint density at radius 3 is 2.59 bits per heavy atom. The van der Waals surface area contributed by atoms with Gasteiger partial charge in [0.25, 0.3) is 5.91 Å². The highest BCUT2D eigenvalue weighted by Gasteiger charge is 2.21. The van der Waals surface area contributed by atoms with Gasteiger partial charge in [-0.2, -0.15) is 0 Å². The largest absolute Gasteiger partial charge is 0.493 e. The molecule has 1 unspecified atom stereocenters. The van der Waals surface area contributed by atoms with Gasteiger partial charge in [0.15, 0.2) is 18.0 Å². The molecule has 0 radical (unpaired) electrons. The third-order valence-corrected chi connectivity index (χ3v) is 3.93. The van der Waals surface area contributed by atoms with E-state index in [-0.39, 0.29) is 18.1 Å². The Kier molecular flexibility index (Phi) is 9.32. The van der Waals surface area contributed by atoms with Crippen molar-refractivity contribution in [2.24, 2.45) is 0 Å². The monoisotopic (exact) mass is 379 g/mol. The number of methoxy groups -OCH3 is 1. The number of carbonyl (C=O) groups is 1. The molecule has 2 atom stereocenters. The van der Waals surface area contributed by atoms with Crippen LogP contribution < -0.4 is 19.7 Å². The lowest BCUT2D eigenvalue weighted by Gasteiger charge is -2.24. The summed E-state index contributed by atoms with van der Waals surface area (Å²) in [6.07, 6.45) is 3.26. The highest BCUT2D eigenvalue weighted by atomic mass is 16.5. The second kappa shape index (κ2) is 10.9. The van der Waals surface area contributed by atoms with Crippen molar-refractivity contribution in [3.63, 3.8) is 0 Å². The molecule has 1 rings (SSSR count). The second-order valence-corrected chi connectivity index (χ2v) is 7.66. The van der Waals surface area contributed by atoms with E-state index in [2.05, 4.69) is 5.32 Å². The lowest BCUT2D eigenvalue weighted by molar-refractivity contribution is -0.893. The molecule has 1 aromatic carbocycles. The van der Waals surface area contributed by atoms with E-state index < -0.39 is 6.10 Å². The number of hydrogen-bond acceptors (Lipinski definition) is 4. The highest BCUT2D eigenvalue weighted by molar-refractivity contribution is 5.77. The summed E-state index contributed by atoms with van der Waals surface area (Å²) in [7, 11) is 1.59. The molecule has 27 heavy (non-hydrogen) atoms. The van der Waals surface area contributed by atoms with E-state index >= 15 is 0 Å². The van der Waals surface area contributed by atoms with E-state index in [0.29, 0.717) is 24.6 Å². The predicted molar refractivity (Wildman–Crippen MR) is 108 cm³/mol. The first-order chi connectivity index (χ1) is 12.7. The number of aliphatic hydroxyl groups excluding tert-OH is 1. The van der Waals surface area contributed by atoms with Gasteiger partial charge in [-0.25, -0.2) is 0 Å². The second-order valence-electron chi connectivity index (χ2n) is 7.66. The van der Waals surface area contributed by atoms with E-state index in [1.54, 1.807) is 7.11 Å². The quantitative estimate of drug-likeness (QED) is 0.573. The topological polar surface area (TPSA) is 72.2 Å². The maximum Gasteiger partial charge on any atom is 0.275 e.